The van der Waals surface area contributed by atoms with Gasteiger partial charge in [-0.05, 0) is 42.8 Å². The van der Waals surface area contributed by atoms with E-state index in [2.05, 4.69) is 4.98 Å². The first kappa shape index (κ1) is 13.1. The molecule has 0 amide bonds. The second-order valence-electron chi connectivity index (χ2n) is 4.59. The topological polar surface area (TPSA) is 17.8 Å². The van der Waals surface area contributed by atoms with Crippen molar-refractivity contribution in [1.82, 2.24) is 9.55 Å². The first-order valence-electron chi connectivity index (χ1n) is 6.09. The van der Waals surface area contributed by atoms with Crippen LogP contribution in [0, 0.1) is 18.6 Å². The molecule has 0 fully saturated rings. The van der Waals surface area contributed by atoms with Crippen LogP contribution in [-0.2, 0) is 5.88 Å². The molecule has 1 aromatic heterocycles. The summed E-state index contributed by atoms with van der Waals surface area (Å²) >= 11 is 5.89. The Kier molecular flexibility index (Phi) is 3.18. The van der Waals surface area contributed by atoms with E-state index in [4.69, 9.17) is 11.6 Å². The summed E-state index contributed by atoms with van der Waals surface area (Å²) in [5.74, 6) is -0.166. The van der Waals surface area contributed by atoms with Gasteiger partial charge in [0, 0.05) is 0 Å². The average Bonchev–Trinajstić information content (AvgIpc) is 2.77. The normalized spacial score (nSPS) is 11.2. The highest BCUT2D eigenvalue weighted by atomic mass is 35.5. The maximum atomic E-state index is 13.8. The van der Waals surface area contributed by atoms with Crippen LogP contribution < -0.4 is 0 Å². The second kappa shape index (κ2) is 4.87. The smallest absolute Gasteiger partial charge is 0.151 e. The third-order valence-electron chi connectivity index (χ3n) is 3.11. The Morgan fingerprint density at radius 3 is 2.70 bits per heavy atom. The van der Waals surface area contributed by atoms with Crippen molar-refractivity contribution in [2.24, 2.45) is 0 Å². The molecule has 0 N–H and O–H groups in total. The molecule has 2 nitrogen and oxygen atoms in total. The van der Waals surface area contributed by atoms with E-state index in [1.165, 1.54) is 18.2 Å². The number of fused-ring (bicyclic) bond motifs is 1. The molecule has 20 heavy (non-hydrogen) atoms. The summed E-state index contributed by atoms with van der Waals surface area (Å²) in [6.07, 6.45) is 0. The molecule has 0 saturated carbocycles. The summed E-state index contributed by atoms with van der Waals surface area (Å²) in [5.41, 5.74) is 2.18. The zero-order valence-corrected chi connectivity index (χ0v) is 11.5. The minimum Gasteiger partial charge on any atom is -0.295 e. The number of aromatic nitrogens is 2. The lowest BCUT2D eigenvalue weighted by Crippen LogP contribution is -2.00. The highest BCUT2D eigenvalue weighted by molar-refractivity contribution is 6.17. The van der Waals surface area contributed by atoms with Gasteiger partial charge in [0.25, 0.3) is 0 Å². The number of alkyl halides is 1. The summed E-state index contributed by atoms with van der Waals surface area (Å²) < 4.78 is 29.1. The van der Waals surface area contributed by atoms with Crippen LogP contribution >= 0.6 is 11.6 Å². The zero-order chi connectivity index (χ0) is 14.3. The van der Waals surface area contributed by atoms with Crippen LogP contribution in [0.5, 0.6) is 0 Å². The van der Waals surface area contributed by atoms with E-state index >= 15 is 0 Å². The van der Waals surface area contributed by atoms with E-state index in [1.54, 1.807) is 23.6 Å². The van der Waals surface area contributed by atoms with Crippen molar-refractivity contribution in [3.05, 3.63) is 59.4 Å². The summed E-state index contributed by atoms with van der Waals surface area (Å²) in [6.45, 7) is 1.80. The lowest BCUT2D eigenvalue weighted by molar-refractivity contribution is 0.625. The van der Waals surface area contributed by atoms with Gasteiger partial charge in [0.1, 0.15) is 17.2 Å². The van der Waals surface area contributed by atoms with E-state index in [0.29, 0.717) is 17.0 Å². The first-order valence-corrected chi connectivity index (χ1v) is 6.63. The molecule has 3 aromatic rings. The van der Waals surface area contributed by atoms with Crippen LogP contribution in [0.3, 0.4) is 0 Å². The van der Waals surface area contributed by atoms with Gasteiger partial charge in [-0.25, -0.2) is 13.8 Å². The predicted molar refractivity (Wildman–Crippen MR) is 75.3 cm³/mol. The Bertz CT molecular complexity index is 776. The average molecular weight is 293 g/mol. The Hall–Kier alpha value is -1.94. The number of aryl methyl sites for hydroxylation is 1. The fourth-order valence-electron chi connectivity index (χ4n) is 2.34. The molecular weight excluding hydrogens is 282 g/mol. The van der Waals surface area contributed by atoms with Gasteiger partial charge in [0.05, 0.1) is 17.1 Å². The molecule has 0 unspecified atom stereocenters. The molecule has 5 heteroatoms. The molecule has 0 aliphatic heterocycles. The third kappa shape index (κ3) is 2.06. The molecule has 0 aliphatic rings. The maximum Gasteiger partial charge on any atom is 0.151 e. The Morgan fingerprint density at radius 2 is 2.00 bits per heavy atom. The van der Waals surface area contributed by atoms with Crippen molar-refractivity contribution in [3.63, 3.8) is 0 Å². The standard InChI is InChI=1S/C15H11ClF2N2/c1-9-5-10(17)7-11(6-9)20-13-4-2-3-12(18)15(13)19-14(20)8-16/h2-7H,8H2,1H3. The maximum absolute atomic E-state index is 13.8. The second-order valence-corrected chi connectivity index (χ2v) is 4.86. The molecule has 102 valence electrons. The van der Waals surface area contributed by atoms with Crippen molar-refractivity contribution in [2.45, 2.75) is 12.8 Å². The van der Waals surface area contributed by atoms with Gasteiger partial charge < -0.3 is 0 Å². The molecule has 0 atom stereocenters. The molecule has 0 bridgehead atoms. The number of hydrogen-bond donors (Lipinski definition) is 0. The lowest BCUT2D eigenvalue weighted by atomic mass is 10.2. The van der Waals surface area contributed by atoms with Crippen molar-refractivity contribution < 1.29 is 8.78 Å². The number of halogens is 3. The molecule has 0 spiro atoms. The number of imidazole rings is 1. The van der Waals surface area contributed by atoms with Crippen LogP contribution in [-0.4, -0.2) is 9.55 Å². The van der Waals surface area contributed by atoms with Crippen LogP contribution in [0.2, 0.25) is 0 Å². The monoisotopic (exact) mass is 292 g/mol. The number of rotatable bonds is 2. The van der Waals surface area contributed by atoms with E-state index in [0.717, 1.165) is 5.56 Å². The largest absolute Gasteiger partial charge is 0.295 e. The quantitative estimate of drug-likeness (QED) is 0.642. The summed E-state index contributed by atoms with van der Waals surface area (Å²) in [5, 5.41) is 0. The summed E-state index contributed by atoms with van der Waals surface area (Å²) in [7, 11) is 0. The van der Waals surface area contributed by atoms with Gasteiger partial charge >= 0.3 is 0 Å². The van der Waals surface area contributed by atoms with Crippen LogP contribution in [0.15, 0.2) is 36.4 Å². The third-order valence-corrected chi connectivity index (χ3v) is 3.35. The van der Waals surface area contributed by atoms with Crippen molar-refractivity contribution in [3.8, 4) is 5.69 Å². The van der Waals surface area contributed by atoms with Gasteiger partial charge in [-0.3, -0.25) is 4.57 Å². The van der Waals surface area contributed by atoms with Crippen LogP contribution in [0.4, 0.5) is 8.78 Å². The number of para-hydroxylation sites is 1. The van der Waals surface area contributed by atoms with E-state index in [9.17, 15) is 8.78 Å². The van der Waals surface area contributed by atoms with Gasteiger partial charge in [0.15, 0.2) is 5.82 Å². The van der Waals surface area contributed by atoms with Crippen LogP contribution in [0.25, 0.3) is 16.7 Å². The van der Waals surface area contributed by atoms with Crippen molar-refractivity contribution >= 4 is 22.6 Å². The molecular formula is C15H11ClF2N2. The molecule has 0 radical (unpaired) electrons. The van der Waals surface area contributed by atoms with Gasteiger partial charge in [-0.15, -0.1) is 11.6 Å². The van der Waals surface area contributed by atoms with Crippen molar-refractivity contribution in [1.29, 1.82) is 0 Å². The molecule has 1 heterocycles. The minimum atomic E-state index is -0.416. The highest BCUT2D eigenvalue weighted by Gasteiger charge is 2.15. The lowest BCUT2D eigenvalue weighted by Gasteiger charge is -2.09. The van der Waals surface area contributed by atoms with Crippen molar-refractivity contribution in [2.75, 3.05) is 0 Å². The Morgan fingerprint density at radius 1 is 1.20 bits per heavy atom. The van der Waals surface area contributed by atoms with E-state index in [-0.39, 0.29) is 17.2 Å². The Balaban J connectivity index is 2.37. The van der Waals surface area contributed by atoms with E-state index in [1.807, 2.05) is 6.07 Å². The number of benzene rings is 2. The SMILES string of the molecule is Cc1cc(F)cc(-n2c(CCl)nc3c(F)cccc32)c1. The van der Waals surface area contributed by atoms with Gasteiger partial charge in [-0.2, -0.15) is 0 Å². The van der Waals surface area contributed by atoms with Crippen LogP contribution in [0.1, 0.15) is 11.4 Å². The first-order chi connectivity index (χ1) is 9.60. The van der Waals surface area contributed by atoms with Gasteiger partial charge in [0.2, 0.25) is 0 Å². The highest BCUT2D eigenvalue weighted by Crippen LogP contribution is 2.25. The summed E-state index contributed by atoms with van der Waals surface area (Å²) in [6, 6.07) is 9.31. The zero-order valence-electron chi connectivity index (χ0n) is 10.7. The number of hydrogen-bond acceptors (Lipinski definition) is 1. The van der Waals surface area contributed by atoms with Gasteiger partial charge in [-0.1, -0.05) is 6.07 Å². The van der Waals surface area contributed by atoms with E-state index < -0.39 is 5.82 Å². The fraction of sp³-hybridized carbons (Fsp3) is 0.133. The molecule has 0 saturated heterocycles. The predicted octanol–water partition coefficient (Wildman–Crippen LogP) is 4.35. The molecule has 2 aromatic carbocycles. The summed E-state index contributed by atoms with van der Waals surface area (Å²) in [4.78, 5) is 4.20. The fourth-order valence-corrected chi connectivity index (χ4v) is 2.52. The molecule has 0 aliphatic carbocycles. The Labute approximate surface area is 119 Å². The molecule has 3 rings (SSSR count). The minimum absolute atomic E-state index is 0.115. The number of nitrogens with zero attached hydrogens (tertiary/aromatic N) is 2.